The lowest BCUT2D eigenvalue weighted by molar-refractivity contribution is -0.125. The molecule has 1 saturated carbocycles. The molecule has 2 rings (SSSR count). The summed E-state index contributed by atoms with van der Waals surface area (Å²) in [5, 5.41) is 3.01. The van der Waals surface area contributed by atoms with Gasteiger partial charge in [0.25, 0.3) is 0 Å². The molecule has 104 valence electrons. The minimum absolute atomic E-state index is 0.0876. The molecule has 19 heavy (non-hydrogen) atoms. The molecule has 1 aliphatic rings. The van der Waals surface area contributed by atoms with Gasteiger partial charge in [0.15, 0.2) is 0 Å². The highest BCUT2D eigenvalue weighted by Crippen LogP contribution is 2.24. The number of hydrogen-bond acceptors (Lipinski definition) is 3. The van der Waals surface area contributed by atoms with Crippen molar-refractivity contribution in [3.05, 3.63) is 35.4 Å². The Labute approximate surface area is 114 Å². The van der Waals surface area contributed by atoms with Gasteiger partial charge in [0.1, 0.15) is 0 Å². The summed E-state index contributed by atoms with van der Waals surface area (Å²) < 4.78 is 5.16. The first-order valence-corrected chi connectivity index (χ1v) is 6.79. The Hall–Kier alpha value is -1.39. The molecule has 1 aromatic rings. The molecule has 4 heteroatoms. The number of ether oxygens (including phenoxy) is 1. The van der Waals surface area contributed by atoms with Crippen LogP contribution in [0.25, 0.3) is 0 Å². The molecular weight excluding hydrogens is 240 g/mol. The third-order valence-electron chi connectivity index (χ3n) is 3.72. The van der Waals surface area contributed by atoms with Crippen molar-refractivity contribution in [3.63, 3.8) is 0 Å². The minimum Gasteiger partial charge on any atom is -0.380 e. The van der Waals surface area contributed by atoms with Crippen molar-refractivity contribution in [2.24, 2.45) is 11.7 Å². The van der Waals surface area contributed by atoms with Crippen molar-refractivity contribution >= 4 is 5.91 Å². The standard InChI is InChI=1S/C15H22N2O2/c1-19-10-13-5-3-2-4-12(13)9-17-15(18)11-6-7-14(16)8-11/h2-5,11,14H,6-10,16H2,1H3,(H,17,18). The highest BCUT2D eigenvalue weighted by molar-refractivity contribution is 5.79. The van der Waals surface area contributed by atoms with Crippen molar-refractivity contribution < 1.29 is 9.53 Å². The number of hydrogen-bond donors (Lipinski definition) is 2. The van der Waals surface area contributed by atoms with Gasteiger partial charge >= 0.3 is 0 Å². The molecule has 2 unspecified atom stereocenters. The van der Waals surface area contributed by atoms with Crippen molar-refractivity contribution in [3.8, 4) is 0 Å². The van der Waals surface area contributed by atoms with Crippen LogP contribution in [0.2, 0.25) is 0 Å². The zero-order chi connectivity index (χ0) is 13.7. The van der Waals surface area contributed by atoms with Gasteiger partial charge in [0, 0.05) is 25.6 Å². The monoisotopic (exact) mass is 262 g/mol. The number of amides is 1. The summed E-state index contributed by atoms with van der Waals surface area (Å²) in [5.74, 6) is 0.213. The summed E-state index contributed by atoms with van der Waals surface area (Å²) in [6.45, 7) is 1.13. The largest absolute Gasteiger partial charge is 0.380 e. The van der Waals surface area contributed by atoms with E-state index in [9.17, 15) is 4.79 Å². The van der Waals surface area contributed by atoms with Crippen LogP contribution in [0, 0.1) is 5.92 Å². The third kappa shape index (κ3) is 3.78. The Bertz CT molecular complexity index is 434. The smallest absolute Gasteiger partial charge is 0.223 e. The van der Waals surface area contributed by atoms with E-state index in [0.29, 0.717) is 13.2 Å². The van der Waals surface area contributed by atoms with E-state index in [1.165, 1.54) is 0 Å². The van der Waals surface area contributed by atoms with Crippen LogP contribution in [0.1, 0.15) is 30.4 Å². The number of nitrogens with two attached hydrogens (primary N) is 1. The molecule has 1 fully saturated rings. The van der Waals surface area contributed by atoms with Gasteiger partial charge in [-0.2, -0.15) is 0 Å². The summed E-state index contributed by atoms with van der Waals surface area (Å²) >= 11 is 0. The predicted octanol–water partition coefficient (Wildman–Crippen LogP) is 1.58. The van der Waals surface area contributed by atoms with E-state index < -0.39 is 0 Å². The average Bonchev–Trinajstić information content (AvgIpc) is 2.84. The SMILES string of the molecule is COCc1ccccc1CNC(=O)C1CCC(N)C1. The lowest BCUT2D eigenvalue weighted by Crippen LogP contribution is -2.30. The highest BCUT2D eigenvalue weighted by Gasteiger charge is 2.27. The highest BCUT2D eigenvalue weighted by atomic mass is 16.5. The second-order valence-electron chi connectivity index (χ2n) is 5.19. The van der Waals surface area contributed by atoms with Crippen molar-refractivity contribution in [1.82, 2.24) is 5.32 Å². The Balaban J connectivity index is 1.89. The Morgan fingerprint density at radius 2 is 2.11 bits per heavy atom. The number of benzene rings is 1. The predicted molar refractivity (Wildman–Crippen MR) is 74.3 cm³/mol. The van der Waals surface area contributed by atoms with E-state index in [-0.39, 0.29) is 17.9 Å². The molecule has 0 aliphatic heterocycles. The van der Waals surface area contributed by atoms with E-state index in [0.717, 1.165) is 30.4 Å². The quantitative estimate of drug-likeness (QED) is 0.846. The number of carbonyl (C=O) groups is 1. The normalized spacial score (nSPS) is 22.4. The van der Waals surface area contributed by atoms with Crippen LogP contribution in [0.4, 0.5) is 0 Å². The van der Waals surface area contributed by atoms with Gasteiger partial charge in [-0.05, 0) is 30.4 Å². The summed E-state index contributed by atoms with van der Waals surface area (Å²) in [4.78, 5) is 12.0. The van der Waals surface area contributed by atoms with E-state index in [4.69, 9.17) is 10.5 Å². The van der Waals surface area contributed by atoms with Crippen LogP contribution in [-0.4, -0.2) is 19.1 Å². The maximum atomic E-state index is 12.0. The number of nitrogens with one attached hydrogen (secondary N) is 1. The molecule has 0 saturated heterocycles. The number of carbonyl (C=O) groups excluding carboxylic acids is 1. The van der Waals surface area contributed by atoms with Gasteiger partial charge in [-0.1, -0.05) is 24.3 Å². The molecular formula is C15H22N2O2. The molecule has 0 heterocycles. The van der Waals surface area contributed by atoms with Gasteiger partial charge in [-0.25, -0.2) is 0 Å². The topological polar surface area (TPSA) is 64.3 Å². The van der Waals surface area contributed by atoms with E-state index in [2.05, 4.69) is 5.32 Å². The van der Waals surface area contributed by atoms with Gasteiger partial charge in [0.05, 0.1) is 6.61 Å². The van der Waals surface area contributed by atoms with E-state index in [1.807, 2.05) is 24.3 Å². The van der Waals surface area contributed by atoms with E-state index >= 15 is 0 Å². The molecule has 0 bridgehead atoms. The molecule has 0 spiro atoms. The molecule has 0 aromatic heterocycles. The first-order valence-electron chi connectivity index (χ1n) is 6.79. The molecule has 4 nitrogen and oxygen atoms in total. The molecule has 1 aromatic carbocycles. The summed E-state index contributed by atoms with van der Waals surface area (Å²) in [6, 6.07) is 8.20. The molecule has 1 amide bonds. The van der Waals surface area contributed by atoms with Gasteiger partial charge in [-0.15, -0.1) is 0 Å². The maximum absolute atomic E-state index is 12.0. The summed E-state index contributed by atoms with van der Waals surface area (Å²) in [5.41, 5.74) is 8.07. The van der Waals surface area contributed by atoms with E-state index in [1.54, 1.807) is 7.11 Å². The molecule has 3 N–H and O–H groups in total. The van der Waals surface area contributed by atoms with Gasteiger partial charge in [0.2, 0.25) is 5.91 Å². The minimum atomic E-state index is 0.0876. The first kappa shape index (κ1) is 14.0. The van der Waals surface area contributed by atoms with Crippen molar-refractivity contribution in [2.75, 3.05) is 7.11 Å². The lowest BCUT2D eigenvalue weighted by Gasteiger charge is -2.13. The fraction of sp³-hybridized carbons (Fsp3) is 0.533. The zero-order valence-electron chi connectivity index (χ0n) is 11.4. The fourth-order valence-corrected chi connectivity index (χ4v) is 2.61. The van der Waals surface area contributed by atoms with Crippen LogP contribution in [-0.2, 0) is 22.7 Å². The van der Waals surface area contributed by atoms with Crippen molar-refractivity contribution in [2.45, 2.75) is 38.5 Å². The van der Waals surface area contributed by atoms with Gasteiger partial charge in [-0.3, -0.25) is 4.79 Å². The zero-order valence-corrected chi connectivity index (χ0v) is 11.4. The van der Waals surface area contributed by atoms with Crippen LogP contribution in [0.15, 0.2) is 24.3 Å². The lowest BCUT2D eigenvalue weighted by atomic mass is 10.1. The second kappa shape index (κ2) is 6.68. The average molecular weight is 262 g/mol. The molecule has 0 radical (unpaired) electrons. The van der Waals surface area contributed by atoms with Crippen LogP contribution in [0.3, 0.4) is 0 Å². The van der Waals surface area contributed by atoms with Crippen LogP contribution in [0.5, 0.6) is 0 Å². The van der Waals surface area contributed by atoms with Crippen LogP contribution < -0.4 is 11.1 Å². The van der Waals surface area contributed by atoms with Crippen LogP contribution >= 0.6 is 0 Å². The molecule has 1 aliphatic carbocycles. The first-order chi connectivity index (χ1) is 9.20. The summed E-state index contributed by atoms with van der Waals surface area (Å²) in [7, 11) is 1.68. The third-order valence-corrected chi connectivity index (χ3v) is 3.72. The van der Waals surface area contributed by atoms with Crippen molar-refractivity contribution in [1.29, 1.82) is 0 Å². The number of methoxy groups -OCH3 is 1. The molecule has 2 atom stereocenters. The second-order valence-corrected chi connectivity index (χ2v) is 5.19. The fourth-order valence-electron chi connectivity index (χ4n) is 2.61. The summed E-state index contributed by atoms with van der Waals surface area (Å²) in [6.07, 6.45) is 2.68. The Kier molecular flexibility index (Phi) is 4.93. The Morgan fingerprint density at radius 1 is 1.37 bits per heavy atom. The maximum Gasteiger partial charge on any atom is 0.223 e. The van der Waals surface area contributed by atoms with Gasteiger partial charge < -0.3 is 15.8 Å². The number of rotatable bonds is 5. The Morgan fingerprint density at radius 3 is 2.74 bits per heavy atom.